The number of aliphatic hydroxyl groups is 1. The van der Waals surface area contributed by atoms with Gasteiger partial charge in [-0.05, 0) is 42.0 Å². The number of benzene rings is 2. The van der Waals surface area contributed by atoms with Gasteiger partial charge in [0, 0.05) is 11.6 Å². The number of fused-ring (bicyclic) bond motifs is 1. The summed E-state index contributed by atoms with van der Waals surface area (Å²) >= 11 is 0. The molecule has 0 saturated carbocycles. The molecule has 4 rings (SSSR count). The Morgan fingerprint density at radius 3 is 2.48 bits per heavy atom. The molecule has 0 fully saturated rings. The zero-order valence-corrected chi connectivity index (χ0v) is 16.0. The maximum absolute atomic E-state index is 14.1. The SMILES string of the molecule is C=CCn1cc(C(O)(c2ccc3c(cnn3-c3ccc(F)cc3)c2)C(F)(F)F)c(N)n1. The summed E-state index contributed by atoms with van der Waals surface area (Å²) in [6.45, 7) is 3.64. The minimum atomic E-state index is -5.08. The second kappa shape index (κ2) is 7.24. The van der Waals surface area contributed by atoms with Crippen LogP contribution in [0.4, 0.5) is 23.4 Å². The highest BCUT2D eigenvalue weighted by atomic mass is 19.4. The number of rotatable bonds is 5. The highest BCUT2D eigenvalue weighted by molar-refractivity contribution is 5.81. The summed E-state index contributed by atoms with van der Waals surface area (Å²) in [6.07, 6.45) is -1.22. The number of anilines is 1. The van der Waals surface area contributed by atoms with Crippen LogP contribution in [0, 0.1) is 5.82 Å². The fraction of sp³-hybridized carbons (Fsp3) is 0.143. The second-order valence-electron chi connectivity index (χ2n) is 6.95. The largest absolute Gasteiger partial charge is 0.425 e. The summed E-state index contributed by atoms with van der Waals surface area (Å²) in [5.41, 5.74) is 2.34. The van der Waals surface area contributed by atoms with Crippen LogP contribution in [0.1, 0.15) is 11.1 Å². The lowest BCUT2D eigenvalue weighted by Gasteiger charge is -2.30. The zero-order chi connectivity index (χ0) is 22.4. The van der Waals surface area contributed by atoms with Crippen molar-refractivity contribution in [2.75, 3.05) is 5.73 Å². The first-order chi connectivity index (χ1) is 14.6. The van der Waals surface area contributed by atoms with Crippen LogP contribution in [0.25, 0.3) is 16.6 Å². The number of alkyl halides is 3. The predicted octanol–water partition coefficient (Wildman–Crippen LogP) is 3.93. The molecular formula is C21H17F4N5O. The van der Waals surface area contributed by atoms with Gasteiger partial charge in [-0.3, -0.25) is 4.68 Å². The molecule has 2 aromatic heterocycles. The van der Waals surface area contributed by atoms with Crippen LogP contribution in [0.15, 0.2) is 67.5 Å². The quantitative estimate of drug-likeness (QED) is 0.371. The Kier molecular flexibility index (Phi) is 4.81. The van der Waals surface area contributed by atoms with Crippen molar-refractivity contribution in [3.05, 3.63) is 84.5 Å². The summed E-state index contributed by atoms with van der Waals surface area (Å²) in [4.78, 5) is 0. The normalized spacial score (nSPS) is 14.0. The van der Waals surface area contributed by atoms with E-state index in [0.717, 1.165) is 12.3 Å². The molecule has 0 aliphatic carbocycles. The van der Waals surface area contributed by atoms with E-state index in [1.54, 1.807) is 0 Å². The number of halogens is 4. The Balaban J connectivity index is 1.86. The molecule has 1 atom stereocenters. The Bertz CT molecular complexity index is 1260. The zero-order valence-electron chi connectivity index (χ0n) is 16.0. The van der Waals surface area contributed by atoms with Crippen LogP contribution < -0.4 is 5.73 Å². The summed E-state index contributed by atoms with van der Waals surface area (Å²) in [5.74, 6) is -0.865. The molecule has 160 valence electrons. The van der Waals surface area contributed by atoms with Crippen molar-refractivity contribution in [2.24, 2.45) is 0 Å². The first kappa shape index (κ1) is 20.6. The third-order valence-corrected chi connectivity index (χ3v) is 4.96. The molecule has 0 saturated heterocycles. The van der Waals surface area contributed by atoms with E-state index in [0.29, 0.717) is 16.6 Å². The number of hydrogen-bond donors (Lipinski definition) is 2. The lowest BCUT2D eigenvalue weighted by Crippen LogP contribution is -2.43. The highest BCUT2D eigenvalue weighted by Crippen LogP contribution is 2.46. The molecule has 4 aromatic rings. The monoisotopic (exact) mass is 431 g/mol. The van der Waals surface area contributed by atoms with E-state index in [4.69, 9.17) is 5.73 Å². The van der Waals surface area contributed by atoms with Gasteiger partial charge in [-0.15, -0.1) is 6.58 Å². The molecule has 0 radical (unpaired) electrons. The van der Waals surface area contributed by atoms with Crippen LogP contribution in [-0.4, -0.2) is 30.8 Å². The van der Waals surface area contributed by atoms with Gasteiger partial charge >= 0.3 is 6.18 Å². The van der Waals surface area contributed by atoms with E-state index in [9.17, 15) is 22.7 Å². The fourth-order valence-corrected chi connectivity index (χ4v) is 3.46. The lowest BCUT2D eigenvalue weighted by molar-refractivity contribution is -0.248. The summed E-state index contributed by atoms with van der Waals surface area (Å²) in [7, 11) is 0. The van der Waals surface area contributed by atoms with Gasteiger partial charge in [0.1, 0.15) is 5.82 Å². The van der Waals surface area contributed by atoms with Crippen LogP contribution >= 0.6 is 0 Å². The number of nitrogen functional groups attached to an aromatic ring is 1. The molecule has 10 heteroatoms. The second-order valence-corrected chi connectivity index (χ2v) is 6.95. The Labute approximate surface area is 173 Å². The topological polar surface area (TPSA) is 81.9 Å². The first-order valence-electron chi connectivity index (χ1n) is 9.12. The van der Waals surface area contributed by atoms with Crippen molar-refractivity contribution >= 4 is 16.7 Å². The maximum Gasteiger partial charge on any atom is 0.425 e. The molecule has 0 bridgehead atoms. The third kappa shape index (κ3) is 3.34. The molecule has 0 amide bonds. The average Bonchev–Trinajstić information content (AvgIpc) is 3.30. The van der Waals surface area contributed by atoms with Crippen molar-refractivity contribution in [2.45, 2.75) is 18.3 Å². The Morgan fingerprint density at radius 1 is 1.13 bits per heavy atom. The number of nitrogens with two attached hydrogens (primary N) is 1. The average molecular weight is 431 g/mol. The van der Waals surface area contributed by atoms with E-state index in [1.807, 2.05) is 0 Å². The summed E-state index contributed by atoms with van der Waals surface area (Å²) < 4.78 is 58.2. The van der Waals surface area contributed by atoms with Crippen LogP contribution in [0.3, 0.4) is 0 Å². The van der Waals surface area contributed by atoms with Gasteiger partial charge in [0.15, 0.2) is 5.82 Å². The number of aromatic nitrogens is 4. The van der Waals surface area contributed by atoms with Crippen LogP contribution in [-0.2, 0) is 12.1 Å². The fourth-order valence-electron chi connectivity index (χ4n) is 3.46. The summed E-state index contributed by atoms with van der Waals surface area (Å²) in [6, 6.07) is 9.25. The molecule has 0 aliphatic heterocycles. The first-order valence-corrected chi connectivity index (χ1v) is 9.12. The molecule has 2 aromatic carbocycles. The lowest BCUT2D eigenvalue weighted by atomic mass is 9.86. The van der Waals surface area contributed by atoms with E-state index in [-0.39, 0.29) is 6.54 Å². The molecule has 6 nitrogen and oxygen atoms in total. The van der Waals surface area contributed by atoms with Crippen molar-refractivity contribution in [1.29, 1.82) is 0 Å². The maximum atomic E-state index is 14.1. The molecule has 0 aliphatic rings. The van der Waals surface area contributed by atoms with Gasteiger partial charge in [-0.25, -0.2) is 9.07 Å². The predicted molar refractivity (Wildman–Crippen MR) is 107 cm³/mol. The Hall–Kier alpha value is -3.66. The molecule has 1 unspecified atom stereocenters. The molecule has 31 heavy (non-hydrogen) atoms. The molecule has 2 heterocycles. The summed E-state index contributed by atoms with van der Waals surface area (Å²) in [5, 5.41) is 19.3. The van der Waals surface area contributed by atoms with Crippen molar-refractivity contribution in [3.8, 4) is 5.69 Å². The van der Waals surface area contributed by atoms with Gasteiger partial charge in [0.25, 0.3) is 0 Å². The van der Waals surface area contributed by atoms with Gasteiger partial charge < -0.3 is 10.8 Å². The molecule has 3 N–H and O–H groups in total. The van der Waals surface area contributed by atoms with Crippen molar-refractivity contribution < 1.29 is 22.7 Å². The van der Waals surface area contributed by atoms with E-state index in [2.05, 4.69) is 16.8 Å². The minimum absolute atomic E-state index is 0.127. The van der Waals surface area contributed by atoms with Gasteiger partial charge in [0.05, 0.1) is 29.5 Å². The van der Waals surface area contributed by atoms with E-state index in [1.165, 1.54) is 58.0 Å². The smallest absolute Gasteiger partial charge is 0.382 e. The number of allylic oxidation sites excluding steroid dienone is 1. The third-order valence-electron chi connectivity index (χ3n) is 4.96. The Morgan fingerprint density at radius 2 is 1.84 bits per heavy atom. The van der Waals surface area contributed by atoms with E-state index < -0.39 is 34.5 Å². The number of nitrogens with zero attached hydrogens (tertiary/aromatic N) is 4. The standard InChI is InChI=1S/C21H17F4N5O/c1-2-9-29-12-17(19(26)28-29)20(31,21(23,24)25)14-3-8-18-13(10-14)11-27-30(18)16-6-4-15(22)5-7-16/h2-8,10-12,31H,1,9H2,(H2,26,28). The van der Waals surface area contributed by atoms with Crippen molar-refractivity contribution in [3.63, 3.8) is 0 Å². The highest BCUT2D eigenvalue weighted by Gasteiger charge is 2.58. The minimum Gasteiger partial charge on any atom is -0.382 e. The van der Waals surface area contributed by atoms with Gasteiger partial charge in [-0.2, -0.15) is 23.4 Å². The molecule has 0 spiro atoms. The van der Waals surface area contributed by atoms with Gasteiger partial charge in [-0.1, -0.05) is 12.1 Å². The van der Waals surface area contributed by atoms with E-state index >= 15 is 0 Å². The number of hydrogen-bond acceptors (Lipinski definition) is 4. The molecular weight excluding hydrogens is 414 g/mol. The van der Waals surface area contributed by atoms with Crippen molar-refractivity contribution in [1.82, 2.24) is 19.6 Å². The van der Waals surface area contributed by atoms with Gasteiger partial charge in [0.2, 0.25) is 5.60 Å². The van der Waals surface area contributed by atoms with Crippen LogP contribution in [0.5, 0.6) is 0 Å². The van der Waals surface area contributed by atoms with Crippen LogP contribution in [0.2, 0.25) is 0 Å².